The molecule has 0 saturated carbocycles. The van der Waals surface area contributed by atoms with Gasteiger partial charge in [-0.2, -0.15) is 0 Å². The van der Waals surface area contributed by atoms with Crippen LogP contribution in [-0.4, -0.2) is 6.54 Å². The van der Waals surface area contributed by atoms with Crippen molar-refractivity contribution in [2.45, 2.75) is 13.3 Å². The maximum atomic E-state index is 12.9. The maximum Gasteiger partial charge on any atom is 0.146 e. The van der Waals surface area contributed by atoms with Gasteiger partial charge in [-0.25, -0.2) is 8.78 Å². The van der Waals surface area contributed by atoms with Gasteiger partial charge in [-0.1, -0.05) is 18.5 Å². The van der Waals surface area contributed by atoms with E-state index >= 15 is 0 Å². The van der Waals surface area contributed by atoms with Crippen LogP contribution in [0.4, 0.5) is 14.5 Å². The summed E-state index contributed by atoms with van der Waals surface area (Å²) in [4.78, 5) is 0. The SMILES string of the molecule is CCCNc1cc(F)cc(F)c1Cl. The lowest BCUT2D eigenvalue weighted by Gasteiger charge is -2.07. The van der Waals surface area contributed by atoms with Crippen molar-refractivity contribution in [1.29, 1.82) is 0 Å². The zero-order valence-corrected chi connectivity index (χ0v) is 7.96. The van der Waals surface area contributed by atoms with Gasteiger partial charge in [-0.15, -0.1) is 0 Å². The zero-order valence-electron chi connectivity index (χ0n) is 7.20. The van der Waals surface area contributed by atoms with Crippen LogP contribution in [0.3, 0.4) is 0 Å². The molecule has 0 aliphatic heterocycles. The zero-order chi connectivity index (χ0) is 9.84. The topological polar surface area (TPSA) is 12.0 Å². The third kappa shape index (κ3) is 2.56. The van der Waals surface area contributed by atoms with Gasteiger partial charge in [0.1, 0.15) is 11.6 Å². The van der Waals surface area contributed by atoms with E-state index in [1.807, 2.05) is 6.92 Å². The smallest absolute Gasteiger partial charge is 0.146 e. The van der Waals surface area contributed by atoms with Crippen LogP contribution in [0.5, 0.6) is 0 Å². The van der Waals surface area contributed by atoms with Crippen LogP contribution in [0.15, 0.2) is 12.1 Å². The number of hydrogen-bond donors (Lipinski definition) is 1. The molecule has 0 atom stereocenters. The summed E-state index contributed by atoms with van der Waals surface area (Å²) in [5.41, 5.74) is 0.306. The van der Waals surface area contributed by atoms with Crippen molar-refractivity contribution in [2.24, 2.45) is 0 Å². The molecule has 0 aliphatic rings. The Morgan fingerprint density at radius 3 is 2.69 bits per heavy atom. The third-order valence-electron chi connectivity index (χ3n) is 1.56. The van der Waals surface area contributed by atoms with Crippen molar-refractivity contribution >= 4 is 17.3 Å². The summed E-state index contributed by atoms with van der Waals surface area (Å²) in [6.07, 6.45) is 0.870. The van der Waals surface area contributed by atoms with Gasteiger partial charge in [0.15, 0.2) is 0 Å². The van der Waals surface area contributed by atoms with Crippen molar-refractivity contribution in [2.75, 3.05) is 11.9 Å². The van der Waals surface area contributed by atoms with Crippen LogP contribution >= 0.6 is 11.6 Å². The molecule has 0 heterocycles. The van der Waals surface area contributed by atoms with Gasteiger partial charge in [0.05, 0.1) is 10.7 Å². The molecule has 13 heavy (non-hydrogen) atoms. The minimum absolute atomic E-state index is 0.0603. The molecule has 0 radical (unpaired) electrons. The first kappa shape index (κ1) is 10.3. The van der Waals surface area contributed by atoms with Crippen LogP contribution < -0.4 is 5.32 Å². The average Bonchev–Trinajstić information content (AvgIpc) is 2.09. The molecule has 0 spiro atoms. The summed E-state index contributed by atoms with van der Waals surface area (Å²) < 4.78 is 25.6. The Labute approximate surface area is 80.7 Å². The molecular weight excluding hydrogens is 196 g/mol. The first-order valence-electron chi connectivity index (χ1n) is 4.03. The number of anilines is 1. The van der Waals surface area contributed by atoms with Gasteiger partial charge in [0.2, 0.25) is 0 Å². The van der Waals surface area contributed by atoms with E-state index in [0.717, 1.165) is 12.5 Å². The highest BCUT2D eigenvalue weighted by molar-refractivity contribution is 6.33. The molecule has 4 heteroatoms. The molecule has 1 aromatic carbocycles. The van der Waals surface area contributed by atoms with Crippen LogP contribution in [0, 0.1) is 11.6 Å². The molecular formula is C9H10ClF2N. The summed E-state index contributed by atoms with van der Waals surface area (Å²) in [5.74, 6) is -1.36. The molecule has 0 bridgehead atoms. The molecule has 72 valence electrons. The Hall–Kier alpha value is -0.830. The number of benzene rings is 1. The lowest BCUT2D eigenvalue weighted by atomic mass is 10.3. The van der Waals surface area contributed by atoms with E-state index in [1.165, 1.54) is 6.07 Å². The minimum Gasteiger partial charge on any atom is -0.384 e. The van der Waals surface area contributed by atoms with Crippen LogP contribution in [-0.2, 0) is 0 Å². The second-order valence-electron chi connectivity index (χ2n) is 2.68. The normalized spacial score (nSPS) is 10.2. The summed E-state index contributed by atoms with van der Waals surface area (Å²) in [6.45, 7) is 2.60. The largest absolute Gasteiger partial charge is 0.384 e. The first-order chi connectivity index (χ1) is 6.15. The minimum atomic E-state index is -0.736. The predicted molar refractivity (Wildman–Crippen MR) is 50.1 cm³/mol. The van der Waals surface area contributed by atoms with Gasteiger partial charge in [0, 0.05) is 12.6 Å². The number of rotatable bonds is 3. The van der Waals surface area contributed by atoms with E-state index in [2.05, 4.69) is 5.32 Å². The molecule has 1 nitrogen and oxygen atoms in total. The Kier molecular flexibility index (Phi) is 3.48. The van der Waals surface area contributed by atoms with E-state index in [9.17, 15) is 8.78 Å². The van der Waals surface area contributed by atoms with Gasteiger partial charge in [-0.3, -0.25) is 0 Å². The van der Waals surface area contributed by atoms with Crippen molar-refractivity contribution in [3.8, 4) is 0 Å². The van der Waals surface area contributed by atoms with Gasteiger partial charge < -0.3 is 5.32 Å². The quantitative estimate of drug-likeness (QED) is 0.746. The summed E-state index contributed by atoms with van der Waals surface area (Å²) >= 11 is 5.60. The van der Waals surface area contributed by atoms with Gasteiger partial charge >= 0.3 is 0 Å². The number of halogens is 3. The lowest BCUT2D eigenvalue weighted by Crippen LogP contribution is -2.01. The first-order valence-corrected chi connectivity index (χ1v) is 4.41. The van der Waals surface area contributed by atoms with Crippen molar-refractivity contribution in [3.05, 3.63) is 28.8 Å². The fraction of sp³-hybridized carbons (Fsp3) is 0.333. The highest BCUT2D eigenvalue weighted by atomic mass is 35.5. The molecule has 1 N–H and O–H groups in total. The lowest BCUT2D eigenvalue weighted by molar-refractivity contribution is 0.584. The highest BCUT2D eigenvalue weighted by Gasteiger charge is 2.07. The summed E-state index contributed by atoms with van der Waals surface area (Å²) in [5, 5.41) is 2.77. The highest BCUT2D eigenvalue weighted by Crippen LogP contribution is 2.25. The molecule has 0 aliphatic carbocycles. The van der Waals surface area contributed by atoms with Crippen LogP contribution in [0.1, 0.15) is 13.3 Å². The number of hydrogen-bond acceptors (Lipinski definition) is 1. The van der Waals surface area contributed by atoms with Crippen LogP contribution in [0.2, 0.25) is 5.02 Å². The second-order valence-corrected chi connectivity index (χ2v) is 3.05. The van der Waals surface area contributed by atoms with E-state index in [-0.39, 0.29) is 5.02 Å². The van der Waals surface area contributed by atoms with Crippen LogP contribution in [0.25, 0.3) is 0 Å². The Morgan fingerprint density at radius 2 is 2.08 bits per heavy atom. The van der Waals surface area contributed by atoms with Gasteiger partial charge in [0.25, 0.3) is 0 Å². The number of nitrogens with one attached hydrogen (secondary N) is 1. The Balaban J connectivity index is 2.92. The standard InChI is InChI=1S/C9H10ClF2N/c1-2-3-13-8-5-6(11)4-7(12)9(8)10/h4-5,13H,2-3H2,1H3. The monoisotopic (exact) mass is 205 g/mol. The molecule has 1 rings (SSSR count). The van der Waals surface area contributed by atoms with E-state index in [0.29, 0.717) is 12.2 Å². The van der Waals surface area contributed by atoms with Gasteiger partial charge in [-0.05, 0) is 12.5 Å². The fourth-order valence-corrected chi connectivity index (χ4v) is 1.12. The average molecular weight is 206 g/mol. The summed E-state index contributed by atoms with van der Waals surface area (Å²) in [7, 11) is 0. The molecule has 0 amide bonds. The third-order valence-corrected chi connectivity index (χ3v) is 1.94. The molecule has 0 unspecified atom stereocenters. The van der Waals surface area contributed by atoms with Crippen molar-refractivity contribution in [3.63, 3.8) is 0 Å². The van der Waals surface area contributed by atoms with E-state index in [4.69, 9.17) is 11.6 Å². The maximum absolute atomic E-state index is 12.9. The molecule has 0 fully saturated rings. The Bertz CT molecular complexity index is 302. The summed E-state index contributed by atoms with van der Waals surface area (Å²) in [6, 6.07) is 1.94. The van der Waals surface area contributed by atoms with E-state index < -0.39 is 11.6 Å². The molecule has 0 aromatic heterocycles. The predicted octanol–water partition coefficient (Wildman–Crippen LogP) is 3.44. The molecule has 0 saturated heterocycles. The van der Waals surface area contributed by atoms with Crippen molar-refractivity contribution < 1.29 is 8.78 Å². The second kappa shape index (κ2) is 4.42. The van der Waals surface area contributed by atoms with E-state index in [1.54, 1.807) is 0 Å². The Morgan fingerprint density at radius 1 is 1.38 bits per heavy atom. The fourth-order valence-electron chi connectivity index (χ4n) is 0.944. The van der Waals surface area contributed by atoms with Crippen molar-refractivity contribution in [1.82, 2.24) is 0 Å². The molecule has 1 aromatic rings.